The Morgan fingerprint density at radius 1 is 1.16 bits per heavy atom. The van der Waals surface area contributed by atoms with E-state index in [0.29, 0.717) is 22.5 Å². The Labute approximate surface area is 199 Å². The zero-order chi connectivity index (χ0) is 21.4. The van der Waals surface area contributed by atoms with Crippen LogP contribution in [0.3, 0.4) is 0 Å². The summed E-state index contributed by atoms with van der Waals surface area (Å²) in [7, 11) is 0. The van der Waals surface area contributed by atoms with E-state index in [-0.39, 0.29) is 11.7 Å². The molecule has 0 bridgehead atoms. The van der Waals surface area contributed by atoms with Gasteiger partial charge in [0, 0.05) is 58.3 Å². The summed E-state index contributed by atoms with van der Waals surface area (Å²) in [6.07, 6.45) is 8.02. The molecule has 32 heavy (non-hydrogen) atoms. The van der Waals surface area contributed by atoms with Gasteiger partial charge in [-0.1, -0.05) is 35.9 Å². The zero-order valence-corrected chi connectivity index (χ0v) is 20.0. The second-order valence-electron chi connectivity index (χ2n) is 7.91. The molecule has 0 saturated carbocycles. The van der Waals surface area contributed by atoms with Crippen LogP contribution in [-0.4, -0.2) is 39.1 Å². The highest BCUT2D eigenvalue weighted by molar-refractivity contribution is 9.10. The number of hydrogen-bond acceptors (Lipinski definition) is 4. The monoisotopic (exact) mass is 513 g/mol. The number of fused-ring (bicyclic) bond motifs is 2. The largest absolute Gasteiger partial charge is 0.361 e. The highest BCUT2D eigenvalue weighted by Gasteiger charge is 2.15. The summed E-state index contributed by atoms with van der Waals surface area (Å²) in [5, 5.41) is 2.37. The van der Waals surface area contributed by atoms with Gasteiger partial charge in [0.15, 0.2) is 0 Å². The molecule has 8 heteroatoms. The molecule has 0 radical (unpaired) electrons. The molecule has 2 aromatic heterocycles. The van der Waals surface area contributed by atoms with Crippen molar-refractivity contribution in [2.24, 2.45) is 0 Å². The van der Waals surface area contributed by atoms with E-state index in [1.165, 1.54) is 22.0 Å². The molecular weight excluding hydrogens is 490 g/mol. The lowest BCUT2D eigenvalue weighted by Gasteiger charge is -2.26. The molecule has 166 valence electrons. The fourth-order valence-electron chi connectivity index (χ4n) is 4.31. The first-order valence-corrected chi connectivity index (χ1v) is 11.6. The quantitative estimate of drug-likeness (QED) is 0.361. The standard InChI is InChI=1S/C24H22BrClN4O.H3N/c25-21-13-17(26)12-19-23(21)28-15-30(24(19)31)9-3-8-29-10-6-16(7-11-29)20-14-27-22-5-2-1-4-18(20)22;/h1-2,4-6,12-15,27H,3,7-11H2;1H3. The third-order valence-electron chi connectivity index (χ3n) is 5.95. The molecule has 6 nitrogen and oxygen atoms in total. The van der Waals surface area contributed by atoms with Crippen molar-refractivity contribution in [1.29, 1.82) is 0 Å². The van der Waals surface area contributed by atoms with E-state index in [4.69, 9.17) is 11.6 Å². The Morgan fingerprint density at radius 2 is 2.00 bits per heavy atom. The zero-order valence-electron chi connectivity index (χ0n) is 17.7. The highest BCUT2D eigenvalue weighted by Crippen LogP contribution is 2.29. The van der Waals surface area contributed by atoms with E-state index < -0.39 is 0 Å². The number of H-pyrrole nitrogens is 1. The smallest absolute Gasteiger partial charge is 0.261 e. The van der Waals surface area contributed by atoms with Gasteiger partial charge in [0.25, 0.3) is 5.56 Å². The minimum absolute atomic E-state index is 0. The summed E-state index contributed by atoms with van der Waals surface area (Å²) in [5.74, 6) is 0. The topological polar surface area (TPSA) is 88.9 Å². The van der Waals surface area contributed by atoms with Crippen LogP contribution in [0.15, 0.2) is 64.3 Å². The van der Waals surface area contributed by atoms with Gasteiger partial charge in [-0.3, -0.25) is 14.3 Å². The minimum atomic E-state index is -0.0478. The van der Waals surface area contributed by atoms with E-state index in [2.05, 4.69) is 67.3 Å². The first-order valence-electron chi connectivity index (χ1n) is 10.4. The molecule has 1 aliphatic heterocycles. The molecule has 0 atom stereocenters. The maximum Gasteiger partial charge on any atom is 0.261 e. The maximum atomic E-state index is 12.8. The van der Waals surface area contributed by atoms with Crippen LogP contribution < -0.4 is 11.7 Å². The van der Waals surface area contributed by atoms with Crippen molar-refractivity contribution in [1.82, 2.24) is 25.6 Å². The van der Waals surface area contributed by atoms with Gasteiger partial charge < -0.3 is 11.1 Å². The molecule has 0 spiro atoms. The van der Waals surface area contributed by atoms with E-state index in [1.807, 2.05) is 0 Å². The Kier molecular flexibility index (Phi) is 6.81. The van der Waals surface area contributed by atoms with E-state index in [9.17, 15) is 4.79 Å². The van der Waals surface area contributed by atoms with Crippen LogP contribution in [0.1, 0.15) is 18.4 Å². The van der Waals surface area contributed by atoms with E-state index >= 15 is 0 Å². The summed E-state index contributed by atoms with van der Waals surface area (Å²) in [6, 6.07) is 11.9. The minimum Gasteiger partial charge on any atom is -0.361 e. The Hall–Kier alpha value is -2.45. The second-order valence-corrected chi connectivity index (χ2v) is 9.20. The van der Waals surface area contributed by atoms with Gasteiger partial charge in [0.1, 0.15) is 0 Å². The van der Waals surface area contributed by atoms with Crippen LogP contribution in [0.4, 0.5) is 0 Å². The van der Waals surface area contributed by atoms with Gasteiger partial charge in [0.05, 0.1) is 17.2 Å². The predicted molar refractivity (Wildman–Crippen MR) is 136 cm³/mol. The van der Waals surface area contributed by atoms with Gasteiger partial charge in [0.2, 0.25) is 0 Å². The number of aromatic amines is 1. The summed E-state index contributed by atoms with van der Waals surface area (Å²) in [4.78, 5) is 23.1. The average molecular weight is 515 g/mol. The van der Waals surface area contributed by atoms with Gasteiger partial charge in [-0.25, -0.2) is 4.98 Å². The molecule has 0 fully saturated rings. The first kappa shape index (κ1) is 22.7. The SMILES string of the molecule is N.O=c1c2cc(Cl)cc(Br)c2ncn1CCCN1CC=C(c2c[nH]c3ccccc23)CC1. The number of nitrogens with one attached hydrogen (secondary N) is 1. The first-order chi connectivity index (χ1) is 15.1. The maximum absolute atomic E-state index is 12.8. The highest BCUT2D eigenvalue weighted by atomic mass is 79.9. The molecular formula is C24H25BrClN5O. The lowest BCUT2D eigenvalue weighted by Crippen LogP contribution is -2.31. The Bertz CT molecular complexity index is 1360. The van der Waals surface area contributed by atoms with Crippen LogP contribution in [0, 0.1) is 0 Å². The summed E-state index contributed by atoms with van der Waals surface area (Å²) >= 11 is 9.55. The summed E-state index contributed by atoms with van der Waals surface area (Å²) < 4.78 is 2.42. The number of benzene rings is 2. The van der Waals surface area contributed by atoms with Crippen LogP contribution in [-0.2, 0) is 6.54 Å². The third kappa shape index (κ3) is 4.38. The lowest BCUT2D eigenvalue weighted by atomic mass is 9.99. The van der Waals surface area contributed by atoms with Gasteiger partial charge >= 0.3 is 0 Å². The average Bonchev–Trinajstić information content (AvgIpc) is 3.20. The van der Waals surface area contributed by atoms with Crippen LogP contribution in [0.5, 0.6) is 0 Å². The molecule has 1 aliphatic rings. The number of aryl methyl sites for hydroxylation is 1. The number of nitrogens with zero attached hydrogens (tertiary/aromatic N) is 3. The van der Waals surface area contributed by atoms with Crippen molar-refractivity contribution >= 4 is 54.9 Å². The number of hydrogen-bond donors (Lipinski definition) is 2. The van der Waals surface area contributed by atoms with Crippen LogP contribution in [0.2, 0.25) is 5.02 Å². The van der Waals surface area contributed by atoms with Gasteiger partial charge in [-0.05, 0) is 52.5 Å². The third-order valence-corrected chi connectivity index (χ3v) is 6.77. The normalized spacial score (nSPS) is 14.5. The van der Waals surface area contributed by atoms with Crippen molar-refractivity contribution in [2.45, 2.75) is 19.4 Å². The molecule has 0 aliphatic carbocycles. The molecule has 0 amide bonds. The number of halogens is 2. The summed E-state index contributed by atoms with van der Waals surface area (Å²) in [6.45, 7) is 3.55. The molecule has 4 N–H and O–H groups in total. The second kappa shape index (κ2) is 9.58. The van der Waals surface area contributed by atoms with Crippen molar-refractivity contribution in [3.05, 3.63) is 80.4 Å². The van der Waals surface area contributed by atoms with E-state index in [1.54, 1.807) is 23.0 Å². The molecule has 2 aromatic carbocycles. The Balaban J connectivity index is 0.00000245. The predicted octanol–water partition coefficient (Wildman–Crippen LogP) is 5.64. The number of para-hydroxylation sites is 1. The molecule has 0 unspecified atom stereocenters. The van der Waals surface area contributed by atoms with E-state index in [0.717, 1.165) is 36.9 Å². The number of rotatable bonds is 5. The Morgan fingerprint density at radius 3 is 2.81 bits per heavy atom. The lowest BCUT2D eigenvalue weighted by molar-refractivity contribution is 0.291. The van der Waals surface area contributed by atoms with Crippen molar-refractivity contribution in [3.63, 3.8) is 0 Å². The van der Waals surface area contributed by atoms with Crippen LogP contribution >= 0.6 is 27.5 Å². The number of aromatic nitrogens is 3. The van der Waals surface area contributed by atoms with Crippen molar-refractivity contribution < 1.29 is 0 Å². The van der Waals surface area contributed by atoms with Gasteiger partial charge in [-0.15, -0.1) is 0 Å². The molecule has 0 saturated heterocycles. The molecule has 5 rings (SSSR count). The summed E-state index contributed by atoms with van der Waals surface area (Å²) in [5.41, 5.74) is 4.51. The molecule has 4 aromatic rings. The molecule has 3 heterocycles. The van der Waals surface area contributed by atoms with Crippen LogP contribution in [0.25, 0.3) is 27.4 Å². The fourth-order valence-corrected chi connectivity index (χ4v) is 5.23. The fraction of sp³-hybridized carbons (Fsp3) is 0.250. The van der Waals surface area contributed by atoms with Crippen molar-refractivity contribution in [2.75, 3.05) is 19.6 Å². The van der Waals surface area contributed by atoms with Crippen molar-refractivity contribution in [3.8, 4) is 0 Å². The van der Waals surface area contributed by atoms with Gasteiger partial charge in [-0.2, -0.15) is 0 Å².